The van der Waals surface area contributed by atoms with E-state index in [-0.39, 0.29) is 11.0 Å². The highest BCUT2D eigenvalue weighted by molar-refractivity contribution is 5.27. The van der Waals surface area contributed by atoms with Crippen molar-refractivity contribution in [1.29, 1.82) is 0 Å². The Morgan fingerprint density at radius 1 is 1.12 bits per heavy atom. The lowest BCUT2D eigenvalue weighted by Crippen LogP contribution is -2.36. The number of hydrogen-bond acceptors (Lipinski definition) is 1. The van der Waals surface area contributed by atoms with Crippen molar-refractivity contribution in [3.63, 3.8) is 0 Å². The smallest absolute Gasteiger partial charge is 0.270 e. The molecule has 2 rings (SSSR count). The number of halogens is 3. The van der Waals surface area contributed by atoms with Gasteiger partial charge in [0.1, 0.15) is 5.82 Å². The van der Waals surface area contributed by atoms with Crippen LogP contribution in [0.5, 0.6) is 0 Å². The third-order valence-electron chi connectivity index (χ3n) is 5.59. The van der Waals surface area contributed by atoms with E-state index in [0.29, 0.717) is 17.9 Å². The number of methoxy groups -OCH3 is 1. The maximum atomic E-state index is 13.6. The molecule has 0 spiro atoms. The van der Waals surface area contributed by atoms with Gasteiger partial charge in [-0.25, -0.2) is 13.2 Å². The fraction of sp³-hybridized carbons (Fsp3) is 0.700. The van der Waals surface area contributed by atoms with Crippen molar-refractivity contribution in [1.82, 2.24) is 0 Å². The van der Waals surface area contributed by atoms with Gasteiger partial charge >= 0.3 is 0 Å². The molecule has 0 radical (unpaired) electrons. The summed E-state index contributed by atoms with van der Waals surface area (Å²) >= 11 is 0. The van der Waals surface area contributed by atoms with Gasteiger partial charge in [0.2, 0.25) is 0 Å². The molecule has 1 aliphatic carbocycles. The molecule has 24 heavy (non-hydrogen) atoms. The number of hydrogen-bond donors (Lipinski definition) is 0. The molecular formula is C20H29F3O. The summed E-state index contributed by atoms with van der Waals surface area (Å²) in [7, 11) is 1.73. The summed E-state index contributed by atoms with van der Waals surface area (Å²) in [6.07, 6.45) is 5.04. The third kappa shape index (κ3) is 4.98. The summed E-state index contributed by atoms with van der Waals surface area (Å²) < 4.78 is 45.7. The summed E-state index contributed by atoms with van der Waals surface area (Å²) in [5.41, 5.74) is 0.568. The van der Waals surface area contributed by atoms with Crippen LogP contribution >= 0.6 is 0 Å². The minimum absolute atomic E-state index is 0.144. The van der Waals surface area contributed by atoms with E-state index >= 15 is 0 Å². The number of ether oxygens (including phenoxy) is 1. The Morgan fingerprint density at radius 3 is 2.38 bits per heavy atom. The standard InChI is InChI=1S/C20H29F3O/c1-19(2,16-9-15(10-16)6-8-24-4)7-5-14-11-17(20(3,22)23)13-18(21)12-14/h11-13,15-16H,5-10H2,1-4H3. The van der Waals surface area contributed by atoms with Crippen molar-refractivity contribution >= 4 is 0 Å². The number of benzene rings is 1. The van der Waals surface area contributed by atoms with Gasteiger partial charge in [0.05, 0.1) is 0 Å². The molecule has 1 nitrogen and oxygen atoms in total. The van der Waals surface area contributed by atoms with Crippen molar-refractivity contribution < 1.29 is 17.9 Å². The summed E-state index contributed by atoms with van der Waals surface area (Å²) in [6, 6.07) is 3.76. The summed E-state index contributed by atoms with van der Waals surface area (Å²) in [5, 5.41) is 0. The summed E-state index contributed by atoms with van der Waals surface area (Å²) in [5.74, 6) is -2.19. The summed E-state index contributed by atoms with van der Waals surface area (Å²) in [6.45, 7) is 6.09. The van der Waals surface area contributed by atoms with Gasteiger partial charge < -0.3 is 4.74 Å². The molecule has 136 valence electrons. The second kappa shape index (κ2) is 7.47. The first-order valence-corrected chi connectivity index (χ1v) is 8.78. The Kier molecular flexibility index (Phi) is 6.00. The minimum Gasteiger partial charge on any atom is -0.385 e. The lowest BCUT2D eigenvalue weighted by molar-refractivity contribution is 0.0170. The molecule has 0 aliphatic heterocycles. The van der Waals surface area contributed by atoms with Gasteiger partial charge in [-0.05, 0) is 73.1 Å². The van der Waals surface area contributed by atoms with Gasteiger partial charge in [-0.2, -0.15) is 0 Å². The minimum atomic E-state index is -3.01. The van der Waals surface area contributed by atoms with Crippen LogP contribution in [0.15, 0.2) is 18.2 Å². The van der Waals surface area contributed by atoms with Gasteiger partial charge in [0.15, 0.2) is 0 Å². The normalized spacial score (nSPS) is 21.6. The highest BCUT2D eigenvalue weighted by Crippen LogP contribution is 2.48. The van der Waals surface area contributed by atoms with Crippen molar-refractivity contribution in [2.75, 3.05) is 13.7 Å². The lowest BCUT2D eigenvalue weighted by Gasteiger charge is -2.46. The Morgan fingerprint density at radius 2 is 1.79 bits per heavy atom. The predicted octanol–water partition coefficient (Wildman–Crippen LogP) is 5.96. The quantitative estimate of drug-likeness (QED) is 0.566. The van der Waals surface area contributed by atoms with Gasteiger partial charge in [-0.15, -0.1) is 0 Å². The molecule has 1 fully saturated rings. The van der Waals surface area contributed by atoms with E-state index in [1.165, 1.54) is 25.0 Å². The first-order valence-electron chi connectivity index (χ1n) is 8.78. The van der Waals surface area contributed by atoms with E-state index in [4.69, 9.17) is 4.74 Å². The predicted molar refractivity (Wildman–Crippen MR) is 90.8 cm³/mol. The van der Waals surface area contributed by atoms with Gasteiger partial charge in [-0.1, -0.05) is 13.8 Å². The van der Waals surface area contributed by atoms with E-state index in [1.54, 1.807) is 7.11 Å². The van der Waals surface area contributed by atoms with Crippen LogP contribution in [0.4, 0.5) is 13.2 Å². The number of aryl methyl sites for hydroxylation is 1. The maximum absolute atomic E-state index is 13.6. The molecule has 1 aromatic carbocycles. The van der Waals surface area contributed by atoms with Crippen LogP contribution in [0.25, 0.3) is 0 Å². The topological polar surface area (TPSA) is 9.23 Å². The molecular weight excluding hydrogens is 313 g/mol. The molecule has 0 heterocycles. The largest absolute Gasteiger partial charge is 0.385 e. The van der Waals surface area contributed by atoms with E-state index in [2.05, 4.69) is 13.8 Å². The molecule has 1 aromatic rings. The zero-order chi connectivity index (χ0) is 18.0. The Labute approximate surface area is 143 Å². The first kappa shape index (κ1) is 19.3. The second-order valence-electron chi connectivity index (χ2n) is 8.04. The van der Waals surface area contributed by atoms with Crippen LogP contribution < -0.4 is 0 Å². The maximum Gasteiger partial charge on any atom is 0.270 e. The van der Waals surface area contributed by atoms with Crippen molar-refractivity contribution in [3.8, 4) is 0 Å². The molecule has 0 atom stereocenters. The van der Waals surface area contributed by atoms with E-state index in [0.717, 1.165) is 38.4 Å². The van der Waals surface area contributed by atoms with Crippen molar-refractivity contribution in [3.05, 3.63) is 35.1 Å². The van der Waals surface area contributed by atoms with Crippen LogP contribution in [0.1, 0.15) is 57.6 Å². The zero-order valence-electron chi connectivity index (χ0n) is 15.2. The zero-order valence-corrected chi connectivity index (χ0v) is 15.2. The van der Waals surface area contributed by atoms with E-state index in [1.807, 2.05) is 0 Å². The average molecular weight is 342 g/mol. The SMILES string of the molecule is COCCC1CC(C(C)(C)CCc2cc(F)cc(C(C)(F)F)c2)C1. The number of alkyl halides is 2. The van der Waals surface area contributed by atoms with E-state index < -0.39 is 11.7 Å². The number of rotatable bonds is 8. The molecule has 1 saturated carbocycles. The highest BCUT2D eigenvalue weighted by Gasteiger charge is 2.39. The molecule has 0 aromatic heterocycles. The average Bonchev–Trinajstić information content (AvgIpc) is 2.42. The molecule has 0 N–H and O–H groups in total. The van der Waals surface area contributed by atoms with Crippen molar-refractivity contribution in [2.45, 2.75) is 58.8 Å². The van der Waals surface area contributed by atoms with Crippen molar-refractivity contribution in [2.24, 2.45) is 17.3 Å². The molecule has 0 amide bonds. The molecule has 4 heteroatoms. The Balaban J connectivity index is 1.92. The van der Waals surface area contributed by atoms with Gasteiger partial charge in [-0.3, -0.25) is 0 Å². The first-order chi connectivity index (χ1) is 11.1. The van der Waals surface area contributed by atoms with Crippen LogP contribution in [0.2, 0.25) is 0 Å². The fourth-order valence-corrected chi connectivity index (χ4v) is 3.61. The monoisotopic (exact) mass is 342 g/mol. The fourth-order valence-electron chi connectivity index (χ4n) is 3.61. The van der Waals surface area contributed by atoms with Crippen LogP contribution in [-0.2, 0) is 17.1 Å². The Bertz CT molecular complexity index is 542. The van der Waals surface area contributed by atoms with Gasteiger partial charge in [0.25, 0.3) is 5.92 Å². The van der Waals surface area contributed by atoms with Gasteiger partial charge in [0, 0.05) is 26.2 Å². The van der Waals surface area contributed by atoms with E-state index in [9.17, 15) is 13.2 Å². The second-order valence-corrected chi connectivity index (χ2v) is 8.04. The third-order valence-corrected chi connectivity index (χ3v) is 5.59. The summed E-state index contributed by atoms with van der Waals surface area (Å²) in [4.78, 5) is 0. The highest BCUT2D eigenvalue weighted by atomic mass is 19.3. The van der Waals surface area contributed by atoms with Crippen LogP contribution in [0.3, 0.4) is 0 Å². The van der Waals surface area contributed by atoms with Crippen LogP contribution in [0, 0.1) is 23.1 Å². The molecule has 1 aliphatic rings. The molecule has 0 saturated heterocycles. The lowest BCUT2D eigenvalue weighted by atomic mass is 9.60. The van der Waals surface area contributed by atoms with Crippen LogP contribution in [-0.4, -0.2) is 13.7 Å². The molecule has 0 bridgehead atoms. The molecule has 0 unspecified atom stereocenters. The Hall–Kier alpha value is -1.03.